The number of hydrogen-bond acceptors (Lipinski definition) is 5. The predicted octanol–water partition coefficient (Wildman–Crippen LogP) is 0.986. The number of methoxy groups -OCH3 is 1. The van der Waals surface area contributed by atoms with Gasteiger partial charge in [0.15, 0.2) is 0 Å². The molecular weight excluding hydrogens is 330 g/mol. The van der Waals surface area contributed by atoms with Gasteiger partial charge in [0.05, 0.1) is 4.90 Å². The van der Waals surface area contributed by atoms with E-state index in [-0.39, 0.29) is 10.8 Å². The molecule has 0 aromatic heterocycles. The molecule has 1 N–H and O–H groups in total. The molecule has 8 heteroatoms. The number of amides is 1. The lowest BCUT2D eigenvalue weighted by atomic mass is 10.2. The van der Waals surface area contributed by atoms with E-state index in [1.807, 2.05) is 14.0 Å². The first-order chi connectivity index (χ1) is 11.4. The minimum absolute atomic E-state index is 0.240. The van der Waals surface area contributed by atoms with Crippen LogP contribution in [0.2, 0.25) is 0 Å². The van der Waals surface area contributed by atoms with Crippen LogP contribution in [0.4, 0.5) is 5.69 Å². The molecular formula is C16H25N3O4S. The summed E-state index contributed by atoms with van der Waals surface area (Å²) in [4.78, 5) is 14.3. The van der Waals surface area contributed by atoms with Crippen LogP contribution in [0.5, 0.6) is 0 Å². The van der Waals surface area contributed by atoms with Gasteiger partial charge in [-0.1, -0.05) is 6.92 Å². The van der Waals surface area contributed by atoms with E-state index < -0.39 is 16.1 Å². The van der Waals surface area contributed by atoms with Crippen LogP contribution in [0.15, 0.2) is 29.2 Å². The minimum atomic E-state index is -3.49. The number of sulfonamides is 1. The van der Waals surface area contributed by atoms with Gasteiger partial charge in [0.2, 0.25) is 10.0 Å². The zero-order chi connectivity index (χ0) is 17.7. The van der Waals surface area contributed by atoms with Gasteiger partial charge in [0.1, 0.15) is 6.10 Å². The molecule has 1 unspecified atom stereocenters. The third-order valence-corrected chi connectivity index (χ3v) is 6.08. The summed E-state index contributed by atoms with van der Waals surface area (Å²) in [7, 11) is -0.0243. The fourth-order valence-corrected chi connectivity index (χ4v) is 3.99. The molecule has 0 spiro atoms. The second-order valence-corrected chi connectivity index (χ2v) is 7.79. The van der Waals surface area contributed by atoms with E-state index in [4.69, 9.17) is 4.74 Å². The summed E-state index contributed by atoms with van der Waals surface area (Å²) in [5.41, 5.74) is 0.549. The molecule has 1 amide bonds. The highest BCUT2D eigenvalue weighted by molar-refractivity contribution is 7.89. The zero-order valence-electron chi connectivity index (χ0n) is 14.4. The molecule has 1 aromatic rings. The molecule has 1 fully saturated rings. The third kappa shape index (κ3) is 4.32. The first-order valence-corrected chi connectivity index (χ1v) is 9.45. The van der Waals surface area contributed by atoms with Gasteiger partial charge in [-0.25, -0.2) is 8.42 Å². The fraction of sp³-hybridized carbons (Fsp3) is 0.562. The normalized spacial score (nSPS) is 18.3. The maximum atomic E-state index is 12.6. The highest BCUT2D eigenvalue weighted by Gasteiger charge is 2.27. The molecule has 0 bridgehead atoms. The van der Waals surface area contributed by atoms with E-state index in [1.165, 1.54) is 23.5 Å². The topological polar surface area (TPSA) is 78.9 Å². The number of carbonyl (C=O) groups is 1. The van der Waals surface area contributed by atoms with Crippen molar-refractivity contribution >= 4 is 21.6 Å². The first-order valence-electron chi connectivity index (χ1n) is 8.01. The van der Waals surface area contributed by atoms with Crippen LogP contribution in [0.3, 0.4) is 0 Å². The Hall–Kier alpha value is -1.48. The van der Waals surface area contributed by atoms with Crippen LogP contribution < -0.4 is 5.32 Å². The Morgan fingerprint density at radius 2 is 1.79 bits per heavy atom. The van der Waals surface area contributed by atoms with E-state index in [2.05, 4.69) is 10.2 Å². The van der Waals surface area contributed by atoms with E-state index >= 15 is 0 Å². The van der Waals surface area contributed by atoms with Gasteiger partial charge >= 0.3 is 0 Å². The minimum Gasteiger partial charge on any atom is -0.372 e. The van der Waals surface area contributed by atoms with Gasteiger partial charge in [-0.05, 0) is 37.7 Å². The Kier molecular flexibility index (Phi) is 6.34. The van der Waals surface area contributed by atoms with Crippen LogP contribution in [0.25, 0.3) is 0 Å². The lowest BCUT2D eigenvalue weighted by molar-refractivity contribution is -0.125. The van der Waals surface area contributed by atoms with Crippen molar-refractivity contribution in [3.05, 3.63) is 24.3 Å². The van der Waals surface area contributed by atoms with Crippen molar-refractivity contribution in [2.45, 2.75) is 24.3 Å². The van der Waals surface area contributed by atoms with E-state index in [0.29, 0.717) is 25.2 Å². The molecule has 1 heterocycles. The summed E-state index contributed by atoms with van der Waals surface area (Å²) in [6.07, 6.45) is 0.0526. The molecule has 1 atom stereocenters. The Morgan fingerprint density at radius 3 is 2.29 bits per heavy atom. The quantitative estimate of drug-likeness (QED) is 0.823. The van der Waals surface area contributed by atoms with Crippen LogP contribution in [-0.2, 0) is 19.6 Å². The van der Waals surface area contributed by atoms with Gasteiger partial charge in [0.25, 0.3) is 5.91 Å². The number of carbonyl (C=O) groups excluding carboxylic acids is 1. The van der Waals surface area contributed by atoms with Crippen molar-refractivity contribution in [3.63, 3.8) is 0 Å². The van der Waals surface area contributed by atoms with Gasteiger partial charge in [-0.15, -0.1) is 0 Å². The standard InChI is InChI=1S/C16H25N3O4S/c1-4-15(23-3)16(20)17-13-5-7-14(8-6-13)24(21,22)19-11-9-18(2)10-12-19/h5-8,15H,4,9-12H2,1-3H3,(H,17,20). The summed E-state index contributed by atoms with van der Waals surface area (Å²) in [6.45, 7) is 4.29. The van der Waals surface area contributed by atoms with E-state index in [1.54, 1.807) is 12.1 Å². The predicted molar refractivity (Wildman–Crippen MR) is 92.4 cm³/mol. The zero-order valence-corrected chi connectivity index (χ0v) is 15.2. The molecule has 1 aliphatic heterocycles. The lowest BCUT2D eigenvalue weighted by Crippen LogP contribution is -2.46. The second kappa shape index (κ2) is 8.06. The van der Waals surface area contributed by atoms with Gasteiger partial charge in [0, 0.05) is 39.0 Å². The number of hydrogen-bond donors (Lipinski definition) is 1. The summed E-state index contributed by atoms with van der Waals surface area (Å²) in [5, 5.41) is 2.73. The maximum absolute atomic E-state index is 12.6. The van der Waals surface area contributed by atoms with Gasteiger partial charge in [-0.3, -0.25) is 4.79 Å². The Morgan fingerprint density at radius 1 is 1.21 bits per heavy atom. The van der Waals surface area contributed by atoms with Crippen molar-refractivity contribution < 1.29 is 17.9 Å². The fourth-order valence-electron chi connectivity index (χ4n) is 2.57. The number of piperazine rings is 1. The summed E-state index contributed by atoms with van der Waals surface area (Å²) in [5.74, 6) is -0.241. The average molecular weight is 355 g/mol. The molecule has 134 valence electrons. The maximum Gasteiger partial charge on any atom is 0.253 e. The number of ether oxygens (including phenoxy) is 1. The summed E-state index contributed by atoms with van der Waals surface area (Å²) >= 11 is 0. The highest BCUT2D eigenvalue weighted by Crippen LogP contribution is 2.20. The Labute approximate surface area is 143 Å². The molecule has 7 nitrogen and oxygen atoms in total. The molecule has 24 heavy (non-hydrogen) atoms. The lowest BCUT2D eigenvalue weighted by Gasteiger charge is -2.31. The van der Waals surface area contributed by atoms with Crippen LogP contribution in [0.1, 0.15) is 13.3 Å². The van der Waals surface area contributed by atoms with Crippen molar-refractivity contribution in [2.75, 3.05) is 45.7 Å². The molecule has 1 saturated heterocycles. The number of rotatable bonds is 6. The Bertz CT molecular complexity index is 648. The average Bonchev–Trinajstić information content (AvgIpc) is 2.57. The molecule has 0 saturated carbocycles. The molecule has 1 aliphatic rings. The highest BCUT2D eigenvalue weighted by atomic mass is 32.2. The smallest absolute Gasteiger partial charge is 0.253 e. The Balaban J connectivity index is 2.07. The van der Waals surface area contributed by atoms with E-state index in [0.717, 1.165) is 13.1 Å². The van der Waals surface area contributed by atoms with Gasteiger partial charge in [-0.2, -0.15) is 4.31 Å². The second-order valence-electron chi connectivity index (χ2n) is 5.85. The molecule has 2 rings (SSSR count). The van der Waals surface area contributed by atoms with Crippen molar-refractivity contribution in [3.8, 4) is 0 Å². The molecule has 0 aliphatic carbocycles. The number of anilines is 1. The number of likely N-dealkylation sites (N-methyl/N-ethyl adjacent to an activating group) is 1. The van der Waals surface area contributed by atoms with Gasteiger partial charge < -0.3 is 15.0 Å². The SMILES string of the molecule is CCC(OC)C(=O)Nc1ccc(S(=O)(=O)N2CCN(C)CC2)cc1. The van der Waals surface area contributed by atoms with Crippen LogP contribution >= 0.6 is 0 Å². The molecule has 1 aromatic carbocycles. The van der Waals surface area contributed by atoms with Crippen molar-refractivity contribution in [2.24, 2.45) is 0 Å². The number of nitrogens with zero attached hydrogens (tertiary/aromatic N) is 2. The number of benzene rings is 1. The van der Waals surface area contributed by atoms with Crippen LogP contribution in [-0.4, -0.2) is 70.0 Å². The summed E-state index contributed by atoms with van der Waals surface area (Å²) < 4.78 is 31.8. The van der Waals surface area contributed by atoms with E-state index in [9.17, 15) is 13.2 Å². The monoisotopic (exact) mass is 355 g/mol. The van der Waals surface area contributed by atoms with Crippen molar-refractivity contribution in [1.82, 2.24) is 9.21 Å². The summed E-state index contributed by atoms with van der Waals surface area (Å²) in [6, 6.07) is 6.25. The number of nitrogens with one attached hydrogen (secondary N) is 1. The van der Waals surface area contributed by atoms with Crippen molar-refractivity contribution in [1.29, 1.82) is 0 Å². The largest absolute Gasteiger partial charge is 0.372 e. The molecule has 0 radical (unpaired) electrons. The third-order valence-electron chi connectivity index (χ3n) is 4.17. The van der Waals surface area contributed by atoms with Crippen LogP contribution in [0, 0.1) is 0 Å². The first kappa shape index (κ1) is 18.9.